The maximum Gasteiger partial charge on any atom is 0.321 e. The normalized spacial score (nSPS) is 10.1. The van der Waals surface area contributed by atoms with E-state index in [4.69, 9.17) is 4.42 Å². The Hall–Kier alpha value is -1.73. The maximum atomic E-state index is 11.6. The number of carbonyl (C=O) groups is 2. The second-order valence-corrected chi connectivity index (χ2v) is 6.02. The lowest BCUT2D eigenvalue weighted by atomic mass is 10.4. The molecule has 1 aromatic heterocycles. The number of imide groups is 1. The van der Waals surface area contributed by atoms with Crippen LogP contribution in [-0.4, -0.2) is 17.7 Å². The number of amides is 3. The average molecular weight is 369 g/mol. The van der Waals surface area contributed by atoms with Crippen LogP contribution in [0, 0.1) is 0 Å². The Balaban J connectivity index is 1.68. The molecule has 3 amide bonds. The summed E-state index contributed by atoms with van der Waals surface area (Å²) in [6.07, 6.45) is 1.52. The molecule has 0 spiro atoms. The summed E-state index contributed by atoms with van der Waals surface area (Å²) in [5.41, 5.74) is 0. The fraction of sp³-hybridized carbons (Fsp3) is 0.143. The van der Waals surface area contributed by atoms with Crippen molar-refractivity contribution in [2.24, 2.45) is 0 Å². The van der Waals surface area contributed by atoms with Gasteiger partial charge in [-0.3, -0.25) is 10.1 Å². The standard InChI is InChI=1S/C14H13BrN2O3S/c15-10-3-5-12(6-4-10)21-9-13(18)17-14(19)16-8-11-2-1-7-20-11/h1-7H,8-9H2,(H2,16,17,18,19). The highest BCUT2D eigenvalue weighted by molar-refractivity contribution is 9.10. The minimum atomic E-state index is -0.534. The first-order chi connectivity index (χ1) is 10.1. The molecule has 7 heteroatoms. The Labute approximate surface area is 134 Å². The second kappa shape index (κ2) is 7.90. The Bertz CT molecular complexity index is 599. The van der Waals surface area contributed by atoms with Crippen molar-refractivity contribution >= 4 is 39.6 Å². The van der Waals surface area contributed by atoms with E-state index in [0.29, 0.717) is 5.76 Å². The molecule has 2 aromatic rings. The van der Waals surface area contributed by atoms with Crippen LogP contribution < -0.4 is 10.6 Å². The van der Waals surface area contributed by atoms with Crippen LogP contribution in [0.15, 0.2) is 56.4 Å². The maximum absolute atomic E-state index is 11.6. The summed E-state index contributed by atoms with van der Waals surface area (Å²) in [6.45, 7) is 0.242. The summed E-state index contributed by atoms with van der Waals surface area (Å²) in [6, 6.07) is 10.5. The fourth-order valence-corrected chi connectivity index (χ4v) is 2.43. The second-order valence-electron chi connectivity index (χ2n) is 4.05. The summed E-state index contributed by atoms with van der Waals surface area (Å²) in [5, 5.41) is 4.80. The van der Waals surface area contributed by atoms with Gasteiger partial charge in [0.15, 0.2) is 0 Å². The monoisotopic (exact) mass is 368 g/mol. The number of nitrogens with one attached hydrogen (secondary N) is 2. The molecule has 0 fully saturated rings. The Morgan fingerprint density at radius 1 is 1.19 bits per heavy atom. The van der Waals surface area contributed by atoms with Crippen LogP contribution in [0.2, 0.25) is 0 Å². The third-order valence-corrected chi connectivity index (χ3v) is 3.98. The predicted molar refractivity (Wildman–Crippen MR) is 84.0 cm³/mol. The summed E-state index contributed by atoms with van der Waals surface area (Å²) >= 11 is 4.71. The lowest BCUT2D eigenvalue weighted by Crippen LogP contribution is -2.39. The first kappa shape index (κ1) is 15.7. The van der Waals surface area contributed by atoms with E-state index in [1.165, 1.54) is 18.0 Å². The van der Waals surface area contributed by atoms with Crippen molar-refractivity contribution in [2.75, 3.05) is 5.75 Å². The third kappa shape index (κ3) is 5.65. The van der Waals surface area contributed by atoms with Gasteiger partial charge in [-0.1, -0.05) is 15.9 Å². The smallest absolute Gasteiger partial charge is 0.321 e. The Kier molecular flexibility index (Phi) is 5.89. The van der Waals surface area contributed by atoms with E-state index < -0.39 is 6.03 Å². The summed E-state index contributed by atoms with van der Waals surface area (Å²) in [7, 11) is 0. The van der Waals surface area contributed by atoms with Crippen LogP contribution >= 0.6 is 27.7 Å². The number of thioether (sulfide) groups is 1. The number of benzene rings is 1. The predicted octanol–water partition coefficient (Wildman–Crippen LogP) is 3.16. The van der Waals surface area contributed by atoms with Crippen molar-refractivity contribution in [3.8, 4) is 0 Å². The van der Waals surface area contributed by atoms with E-state index in [9.17, 15) is 9.59 Å². The van der Waals surface area contributed by atoms with Gasteiger partial charge in [0.05, 0.1) is 18.6 Å². The minimum absolute atomic E-state index is 0.176. The van der Waals surface area contributed by atoms with E-state index >= 15 is 0 Å². The molecule has 0 aliphatic carbocycles. The molecule has 0 radical (unpaired) electrons. The van der Waals surface area contributed by atoms with E-state index in [1.807, 2.05) is 24.3 Å². The van der Waals surface area contributed by atoms with Crippen molar-refractivity contribution in [3.63, 3.8) is 0 Å². The minimum Gasteiger partial charge on any atom is -0.467 e. The Morgan fingerprint density at radius 2 is 1.95 bits per heavy atom. The Morgan fingerprint density at radius 3 is 2.62 bits per heavy atom. The first-order valence-electron chi connectivity index (χ1n) is 6.12. The molecule has 110 valence electrons. The van der Waals surface area contributed by atoms with Crippen molar-refractivity contribution in [1.82, 2.24) is 10.6 Å². The molecule has 0 saturated heterocycles. The lowest BCUT2D eigenvalue weighted by molar-refractivity contribution is -0.117. The number of halogens is 1. The van der Waals surface area contributed by atoms with Gasteiger partial charge in [0.25, 0.3) is 0 Å². The fourth-order valence-electron chi connectivity index (χ4n) is 1.47. The molecule has 2 N–H and O–H groups in total. The zero-order valence-electron chi connectivity index (χ0n) is 11.0. The summed E-state index contributed by atoms with van der Waals surface area (Å²) in [5.74, 6) is 0.456. The third-order valence-electron chi connectivity index (χ3n) is 2.44. The number of furan rings is 1. The number of hydrogen-bond donors (Lipinski definition) is 2. The van der Waals surface area contributed by atoms with Gasteiger partial charge in [0, 0.05) is 9.37 Å². The van der Waals surface area contributed by atoms with Crippen molar-refractivity contribution in [3.05, 3.63) is 52.9 Å². The topological polar surface area (TPSA) is 71.3 Å². The lowest BCUT2D eigenvalue weighted by Gasteiger charge is -2.05. The quantitative estimate of drug-likeness (QED) is 0.795. The molecule has 1 heterocycles. The molecule has 0 atom stereocenters. The molecular weight excluding hydrogens is 356 g/mol. The number of rotatable bonds is 5. The van der Waals surface area contributed by atoms with Crippen LogP contribution in [-0.2, 0) is 11.3 Å². The van der Waals surface area contributed by atoms with E-state index in [0.717, 1.165) is 9.37 Å². The van der Waals surface area contributed by atoms with Gasteiger partial charge < -0.3 is 9.73 Å². The summed E-state index contributed by atoms with van der Waals surface area (Å²) < 4.78 is 6.05. The molecular formula is C14H13BrN2O3S. The van der Waals surface area contributed by atoms with Gasteiger partial charge in [-0.2, -0.15) is 0 Å². The molecule has 1 aromatic carbocycles. The number of urea groups is 1. The summed E-state index contributed by atoms with van der Waals surface area (Å²) in [4.78, 5) is 24.1. The SMILES string of the molecule is O=C(CSc1ccc(Br)cc1)NC(=O)NCc1ccco1. The molecule has 0 bridgehead atoms. The van der Waals surface area contributed by atoms with Gasteiger partial charge in [0.1, 0.15) is 5.76 Å². The average Bonchev–Trinajstić information content (AvgIpc) is 2.98. The number of carbonyl (C=O) groups excluding carboxylic acids is 2. The van der Waals surface area contributed by atoms with Crippen LogP contribution in [0.3, 0.4) is 0 Å². The molecule has 0 unspecified atom stereocenters. The van der Waals surface area contributed by atoms with Gasteiger partial charge in [0.2, 0.25) is 5.91 Å². The van der Waals surface area contributed by atoms with Crippen LogP contribution in [0.4, 0.5) is 4.79 Å². The van der Waals surface area contributed by atoms with E-state index in [-0.39, 0.29) is 18.2 Å². The van der Waals surface area contributed by atoms with Gasteiger partial charge in [-0.05, 0) is 36.4 Å². The highest BCUT2D eigenvalue weighted by Gasteiger charge is 2.08. The zero-order chi connectivity index (χ0) is 15.1. The highest BCUT2D eigenvalue weighted by atomic mass is 79.9. The highest BCUT2D eigenvalue weighted by Crippen LogP contribution is 2.20. The molecule has 0 aliphatic heterocycles. The van der Waals surface area contributed by atoms with Crippen molar-refractivity contribution < 1.29 is 14.0 Å². The molecule has 21 heavy (non-hydrogen) atoms. The number of hydrogen-bond acceptors (Lipinski definition) is 4. The zero-order valence-corrected chi connectivity index (χ0v) is 13.4. The van der Waals surface area contributed by atoms with Gasteiger partial charge in [-0.25, -0.2) is 4.79 Å². The molecule has 0 aliphatic rings. The molecule has 2 rings (SSSR count). The van der Waals surface area contributed by atoms with E-state index in [2.05, 4.69) is 26.6 Å². The van der Waals surface area contributed by atoms with Crippen molar-refractivity contribution in [2.45, 2.75) is 11.4 Å². The first-order valence-corrected chi connectivity index (χ1v) is 7.90. The van der Waals surface area contributed by atoms with Gasteiger partial charge in [-0.15, -0.1) is 11.8 Å². The largest absolute Gasteiger partial charge is 0.467 e. The van der Waals surface area contributed by atoms with Crippen molar-refractivity contribution in [1.29, 1.82) is 0 Å². The van der Waals surface area contributed by atoms with Crippen LogP contribution in [0.5, 0.6) is 0 Å². The van der Waals surface area contributed by atoms with Gasteiger partial charge >= 0.3 is 6.03 Å². The van der Waals surface area contributed by atoms with E-state index in [1.54, 1.807) is 12.1 Å². The van der Waals surface area contributed by atoms with Crippen LogP contribution in [0.1, 0.15) is 5.76 Å². The van der Waals surface area contributed by atoms with Crippen LogP contribution in [0.25, 0.3) is 0 Å². The molecule has 0 saturated carbocycles. The molecule has 5 nitrogen and oxygen atoms in total.